The summed E-state index contributed by atoms with van der Waals surface area (Å²) in [5.74, 6) is -0.697. The van der Waals surface area contributed by atoms with E-state index in [0.29, 0.717) is 30.8 Å². The van der Waals surface area contributed by atoms with Gasteiger partial charge in [-0.25, -0.2) is 0 Å². The minimum Gasteiger partial charge on any atom is -0.490 e. The van der Waals surface area contributed by atoms with Gasteiger partial charge in [-0.3, -0.25) is 14.4 Å². The minimum atomic E-state index is -4.50. The van der Waals surface area contributed by atoms with Crippen LogP contribution in [0.5, 0.6) is 5.75 Å². The third kappa shape index (κ3) is 6.04. The Morgan fingerprint density at radius 1 is 1.11 bits per heavy atom. The number of benzene rings is 2. The average molecular weight is 520 g/mol. The van der Waals surface area contributed by atoms with Gasteiger partial charge >= 0.3 is 6.18 Å². The Hall–Kier alpha value is -3.60. The van der Waals surface area contributed by atoms with Gasteiger partial charge in [0, 0.05) is 24.8 Å². The molecule has 0 unspecified atom stereocenters. The molecular weight excluding hydrogens is 491 g/mol. The zero-order valence-electron chi connectivity index (χ0n) is 20.4. The highest BCUT2D eigenvalue weighted by molar-refractivity contribution is 6.05. The van der Waals surface area contributed by atoms with Gasteiger partial charge in [-0.1, -0.05) is 0 Å². The van der Waals surface area contributed by atoms with Gasteiger partial charge < -0.3 is 25.0 Å². The Labute approximate surface area is 212 Å². The molecular formula is C26H28F3N3O5. The predicted octanol–water partition coefficient (Wildman–Crippen LogP) is 3.86. The summed E-state index contributed by atoms with van der Waals surface area (Å²) >= 11 is 0. The Kier molecular flexibility index (Phi) is 7.72. The number of nitrogens with zero attached hydrogens (tertiary/aromatic N) is 1. The van der Waals surface area contributed by atoms with Crippen molar-refractivity contribution in [2.24, 2.45) is 0 Å². The maximum Gasteiger partial charge on any atom is 0.416 e. The Bertz CT molecular complexity index is 1170. The lowest BCUT2D eigenvalue weighted by Gasteiger charge is -2.42. The summed E-state index contributed by atoms with van der Waals surface area (Å²) in [7, 11) is 1.68. The number of anilines is 1. The fraction of sp³-hybridized carbons (Fsp3) is 0.423. The number of likely N-dealkylation sites (N-methyl/N-ethyl adjacent to an activating group) is 1. The number of alkyl halides is 3. The first-order valence-corrected chi connectivity index (χ1v) is 12.0. The number of halogens is 3. The van der Waals surface area contributed by atoms with Crippen LogP contribution in [0.15, 0.2) is 42.5 Å². The molecule has 0 radical (unpaired) electrons. The second kappa shape index (κ2) is 10.8. The van der Waals surface area contributed by atoms with E-state index in [1.165, 1.54) is 6.07 Å². The molecule has 3 atom stereocenters. The van der Waals surface area contributed by atoms with E-state index in [2.05, 4.69) is 10.6 Å². The van der Waals surface area contributed by atoms with Gasteiger partial charge in [0.2, 0.25) is 5.91 Å². The van der Waals surface area contributed by atoms with Crippen LogP contribution in [0.25, 0.3) is 0 Å². The number of hydrogen-bond acceptors (Lipinski definition) is 5. The van der Waals surface area contributed by atoms with Crippen molar-refractivity contribution in [1.82, 2.24) is 10.2 Å². The molecule has 2 aromatic rings. The molecule has 2 heterocycles. The topological polar surface area (TPSA) is 97.0 Å². The van der Waals surface area contributed by atoms with Gasteiger partial charge in [-0.15, -0.1) is 0 Å². The molecule has 2 N–H and O–H groups in total. The highest BCUT2D eigenvalue weighted by Gasteiger charge is 2.39. The van der Waals surface area contributed by atoms with Crippen molar-refractivity contribution in [3.05, 3.63) is 59.2 Å². The molecule has 0 aliphatic carbocycles. The van der Waals surface area contributed by atoms with Crippen LogP contribution in [0.2, 0.25) is 0 Å². The molecule has 37 heavy (non-hydrogen) atoms. The zero-order chi connectivity index (χ0) is 26.7. The second-order valence-electron chi connectivity index (χ2n) is 9.07. The number of carbonyl (C=O) groups excluding carboxylic acids is 3. The summed E-state index contributed by atoms with van der Waals surface area (Å²) in [6.45, 7) is 2.57. The van der Waals surface area contributed by atoms with Crippen LogP contribution in [-0.4, -0.2) is 61.1 Å². The average Bonchev–Trinajstić information content (AvgIpc) is 2.86. The van der Waals surface area contributed by atoms with Crippen molar-refractivity contribution < 1.29 is 37.0 Å². The van der Waals surface area contributed by atoms with E-state index in [4.69, 9.17) is 9.47 Å². The van der Waals surface area contributed by atoms with Crippen molar-refractivity contribution in [3.8, 4) is 5.75 Å². The summed E-state index contributed by atoms with van der Waals surface area (Å²) in [5.41, 5.74) is -0.260. The molecule has 2 aliphatic rings. The Balaban J connectivity index is 1.47. The smallest absolute Gasteiger partial charge is 0.416 e. The van der Waals surface area contributed by atoms with Gasteiger partial charge in [0.25, 0.3) is 11.8 Å². The quantitative estimate of drug-likeness (QED) is 0.626. The molecule has 3 amide bonds. The third-order valence-electron chi connectivity index (χ3n) is 6.53. The monoisotopic (exact) mass is 519 g/mol. The van der Waals surface area contributed by atoms with Crippen molar-refractivity contribution in [1.29, 1.82) is 0 Å². The van der Waals surface area contributed by atoms with Crippen molar-refractivity contribution in [2.75, 3.05) is 25.5 Å². The molecule has 0 bridgehead atoms. The fourth-order valence-electron chi connectivity index (χ4n) is 4.60. The lowest BCUT2D eigenvalue weighted by molar-refractivity contribution is -0.137. The molecule has 2 aliphatic heterocycles. The number of rotatable bonds is 5. The van der Waals surface area contributed by atoms with Gasteiger partial charge in [0.15, 0.2) is 0 Å². The van der Waals surface area contributed by atoms with E-state index < -0.39 is 23.8 Å². The van der Waals surface area contributed by atoms with Crippen LogP contribution in [0, 0.1) is 0 Å². The summed E-state index contributed by atoms with van der Waals surface area (Å²) in [4.78, 5) is 39.5. The van der Waals surface area contributed by atoms with Crippen LogP contribution in [-0.2, 0) is 15.7 Å². The number of nitrogens with one attached hydrogen (secondary N) is 2. The number of amides is 3. The van der Waals surface area contributed by atoms with Crippen molar-refractivity contribution in [2.45, 2.75) is 50.6 Å². The standard InChI is InChI=1S/C26H28F3N3O5/c1-3-30-23(33)13-18-9-10-20-22(37-18)14-36-21-11-8-17(12-19(21)25(35)32(20)2)31-24(34)15-4-6-16(7-5-15)26(27,28)29/h4-8,11-12,18,20,22H,3,9-10,13-14H2,1-2H3,(H,30,33)(H,31,34)/t18-,20-,22+/m0/s1. The zero-order valence-corrected chi connectivity index (χ0v) is 20.4. The van der Waals surface area contributed by atoms with Crippen LogP contribution < -0.4 is 15.4 Å². The minimum absolute atomic E-state index is 0.0452. The predicted molar refractivity (Wildman–Crippen MR) is 128 cm³/mol. The Morgan fingerprint density at radius 2 is 1.84 bits per heavy atom. The van der Waals surface area contributed by atoms with E-state index in [0.717, 1.165) is 24.3 Å². The summed E-state index contributed by atoms with van der Waals surface area (Å²) in [5, 5.41) is 5.38. The van der Waals surface area contributed by atoms with Crippen LogP contribution in [0.4, 0.5) is 18.9 Å². The highest BCUT2D eigenvalue weighted by atomic mass is 19.4. The number of carbonyl (C=O) groups is 3. The normalized spacial score (nSPS) is 21.6. The van der Waals surface area contributed by atoms with Crippen LogP contribution in [0.3, 0.4) is 0 Å². The van der Waals surface area contributed by atoms with E-state index >= 15 is 0 Å². The molecule has 0 spiro atoms. The van der Waals surface area contributed by atoms with Crippen molar-refractivity contribution >= 4 is 23.4 Å². The molecule has 0 aromatic heterocycles. The van der Waals surface area contributed by atoms with E-state index in [1.54, 1.807) is 24.1 Å². The van der Waals surface area contributed by atoms with E-state index in [1.807, 2.05) is 6.92 Å². The SMILES string of the molecule is CCNC(=O)C[C@@H]1CC[C@H]2[C@@H](COc3ccc(NC(=O)c4ccc(C(F)(F)F)cc4)cc3C(=O)N2C)O1. The van der Waals surface area contributed by atoms with Gasteiger partial charge in [-0.05, 0) is 62.2 Å². The lowest BCUT2D eigenvalue weighted by atomic mass is 9.94. The fourth-order valence-corrected chi connectivity index (χ4v) is 4.60. The number of fused-ring (bicyclic) bond motifs is 2. The summed E-state index contributed by atoms with van der Waals surface area (Å²) < 4.78 is 50.4. The van der Waals surface area contributed by atoms with Crippen molar-refractivity contribution in [3.63, 3.8) is 0 Å². The summed E-state index contributed by atoms with van der Waals surface area (Å²) in [6.07, 6.45) is -3.67. The molecule has 198 valence electrons. The molecule has 1 fully saturated rings. The Morgan fingerprint density at radius 3 is 2.51 bits per heavy atom. The first-order chi connectivity index (χ1) is 17.6. The number of hydrogen-bond donors (Lipinski definition) is 2. The molecule has 4 rings (SSSR count). The first kappa shape index (κ1) is 26.5. The largest absolute Gasteiger partial charge is 0.490 e. The van der Waals surface area contributed by atoms with Crippen LogP contribution in [0.1, 0.15) is 52.5 Å². The van der Waals surface area contributed by atoms with Crippen LogP contribution >= 0.6 is 0 Å². The molecule has 8 nitrogen and oxygen atoms in total. The van der Waals surface area contributed by atoms with Gasteiger partial charge in [-0.2, -0.15) is 13.2 Å². The molecule has 2 aromatic carbocycles. The molecule has 1 saturated heterocycles. The van der Waals surface area contributed by atoms with Gasteiger partial charge in [0.05, 0.1) is 29.7 Å². The number of ether oxygens (including phenoxy) is 2. The maximum atomic E-state index is 13.3. The lowest BCUT2D eigenvalue weighted by Crippen LogP contribution is -2.54. The maximum absolute atomic E-state index is 13.3. The van der Waals surface area contributed by atoms with Gasteiger partial charge in [0.1, 0.15) is 18.5 Å². The third-order valence-corrected chi connectivity index (χ3v) is 6.53. The molecule has 0 saturated carbocycles. The first-order valence-electron chi connectivity index (χ1n) is 12.0. The second-order valence-corrected chi connectivity index (χ2v) is 9.07. The molecule has 11 heteroatoms. The highest BCUT2D eigenvalue weighted by Crippen LogP contribution is 2.33. The summed E-state index contributed by atoms with van der Waals surface area (Å²) in [6, 6.07) is 8.20. The van der Waals surface area contributed by atoms with E-state index in [-0.39, 0.29) is 48.1 Å². The van der Waals surface area contributed by atoms with E-state index in [9.17, 15) is 27.6 Å².